The molecule has 0 unspecified atom stereocenters. The van der Waals surface area contributed by atoms with Crippen LogP contribution in [0.2, 0.25) is 0 Å². The van der Waals surface area contributed by atoms with Crippen LogP contribution >= 0.6 is 0 Å². The number of hydrogen-bond donors (Lipinski definition) is 2. The first kappa shape index (κ1) is 10.9. The summed E-state index contributed by atoms with van der Waals surface area (Å²) in [6.07, 6.45) is 2.52. The summed E-state index contributed by atoms with van der Waals surface area (Å²) in [7, 11) is -3.52. The first-order valence-corrected chi connectivity index (χ1v) is 6.31. The van der Waals surface area contributed by atoms with Gasteiger partial charge in [-0.3, -0.25) is 4.79 Å². The predicted molar refractivity (Wildman–Crippen MR) is 58.1 cm³/mol. The van der Waals surface area contributed by atoms with Crippen molar-refractivity contribution in [3.63, 3.8) is 0 Å². The zero-order valence-electron chi connectivity index (χ0n) is 8.38. The van der Waals surface area contributed by atoms with E-state index in [4.69, 9.17) is 5.73 Å². The Hall–Kier alpha value is -1.63. The van der Waals surface area contributed by atoms with E-state index in [-0.39, 0.29) is 5.69 Å². The number of carbonyl (C=O) groups is 1. The fraction of sp³-hybridized carbons (Fsp3) is 0.333. The molecule has 16 heavy (non-hydrogen) atoms. The number of nitrogens with one attached hydrogen (secondary N) is 1. The number of sulfonamides is 1. The number of hydrogen-bond acceptors (Lipinski definition) is 5. The third-order valence-electron chi connectivity index (χ3n) is 2.22. The molecule has 1 saturated carbocycles. The summed E-state index contributed by atoms with van der Waals surface area (Å²) in [5, 5.41) is -0.426. The molecule has 3 N–H and O–H groups in total. The van der Waals surface area contributed by atoms with E-state index < -0.39 is 21.2 Å². The number of aromatic nitrogens is 1. The van der Waals surface area contributed by atoms with Crippen LogP contribution in [0.5, 0.6) is 0 Å². The molecule has 0 spiro atoms. The Morgan fingerprint density at radius 2 is 2.12 bits per heavy atom. The Bertz CT molecular complexity index is 505. The van der Waals surface area contributed by atoms with Crippen molar-refractivity contribution in [1.82, 2.24) is 9.71 Å². The molecule has 6 nitrogen and oxygen atoms in total. The second kappa shape index (κ2) is 3.75. The van der Waals surface area contributed by atoms with Gasteiger partial charge in [0.1, 0.15) is 5.69 Å². The molecule has 1 fully saturated rings. The Kier molecular flexibility index (Phi) is 2.55. The largest absolute Gasteiger partial charge is 0.397 e. The van der Waals surface area contributed by atoms with Gasteiger partial charge in [0.25, 0.3) is 5.91 Å². The highest BCUT2D eigenvalue weighted by atomic mass is 32.2. The maximum atomic E-state index is 11.5. The van der Waals surface area contributed by atoms with E-state index in [1.165, 1.54) is 18.3 Å². The van der Waals surface area contributed by atoms with Crippen molar-refractivity contribution in [2.75, 3.05) is 5.73 Å². The number of nitrogens with zero attached hydrogens (tertiary/aromatic N) is 1. The smallest absolute Gasteiger partial charge is 0.283 e. The van der Waals surface area contributed by atoms with Gasteiger partial charge in [0.2, 0.25) is 10.0 Å². The summed E-state index contributed by atoms with van der Waals surface area (Å²) in [6.45, 7) is 0. The summed E-state index contributed by atoms with van der Waals surface area (Å²) in [4.78, 5) is 15.3. The summed E-state index contributed by atoms with van der Waals surface area (Å²) >= 11 is 0. The minimum Gasteiger partial charge on any atom is -0.397 e. The van der Waals surface area contributed by atoms with E-state index in [0.29, 0.717) is 18.5 Å². The van der Waals surface area contributed by atoms with E-state index in [1.54, 1.807) is 0 Å². The average molecular weight is 241 g/mol. The maximum absolute atomic E-state index is 11.5. The minimum absolute atomic E-state index is 0.0402. The molecule has 1 heterocycles. The lowest BCUT2D eigenvalue weighted by molar-refractivity contribution is 0.0976. The Labute approximate surface area is 92.9 Å². The van der Waals surface area contributed by atoms with Gasteiger partial charge < -0.3 is 5.73 Å². The molecule has 7 heteroatoms. The van der Waals surface area contributed by atoms with Gasteiger partial charge in [-0.1, -0.05) is 0 Å². The standard InChI is InChI=1S/C9H11N3O3S/c10-6-1-4-8(11-5-6)9(13)12-16(14,15)7-2-3-7/h1,4-5,7H,2-3,10H2,(H,12,13). The second-order valence-electron chi connectivity index (χ2n) is 3.65. The Morgan fingerprint density at radius 1 is 1.44 bits per heavy atom. The van der Waals surface area contributed by atoms with E-state index in [9.17, 15) is 13.2 Å². The van der Waals surface area contributed by atoms with Crippen LogP contribution in [0.1, 0.15) is 23.3 Å². The number of amides is 1. The van der Waals surface area contributed by atoms with Crippen molar-refractivity contribution in [3.05, 3.63) is 24.0 Å². The number of anilines is 1. The minimum atomic E-state index is -3.52. The zero-order valence-corrected chi connectivity index (χ0v) is 9.20. The summed E-state index contributed by atoms with van der Waals surface area (Å²) in [5.74, 6) is -0.716. The van der Waals surface area contributed by atoms with Crippen molar-refractivity contribution in [3.8, 4) is 0 Å². The molecule has 2 rings (SSSR count). The SMILES string of the molecule is Nc1ccc(C(=O)NS(=O)(=O)C2CC2)nc1. The summed E-state index contributed by atoms with van der Waals surface area (Å²) in [5.41, 5.74) is 5.86. The first-order valence-electron chi connectivity index (χ1n) is 4.76. The Morgan fingerprint density at radius 3 is 2.62 bits per heavy atom. The molecule has 0 aromatic carbocycles. The van der Waals surface area contributed by atoms with Crippen LogP contribution in [-0.2, 0) is 10.0 Å². The molecule has 1 aromatic rings. The highest BCUT2D eigenvalue weighted by molar-refractivity contribution is 7.91. The fourth-order valence-electron chi connectivity index (χ4n) is 1.18. The topological polar surface area (TPSA) is 102 Å². The van der Waals surface area contributed by atoms with Gasteiger partial charge >= 0.3 is 0 Å². The van der Waals surface area contributed by atoms with Crippen LogP contribution in [0.15, 0.2) is 18.3 Å². The third-order valence-corrected chi connectivity index (χ3v) is 4.04. The maximum Gasteiger partial charge on any atom is 0.283 e. The predicted octanol–water partition coefficient (Wildman–Crippen LogP) is -0.114. The normalized spacial score (nSPS) is 15.8. The van der Waals surface area contributed by atoms with Crippen LogP contribution < -0.4 is 10.5 Å². The van der Waals surface area contributed by atoms with Gasteiger partial charge in [-0.25, -0.2) is 18.1 Å². The second-order valence-corrected chi connectivity index (χ2v) is 5.61. The molecule has 1 aliphatic carbocycles. The molecular weight excluding hydrogens is 230 g/mol. The average Bonchev–Trinajstić information content (AvgIpc) is 3.01. The highest BCUT2D eigenvalue weighted by Crippen LogP contribution is 2.27. The molecule has 1 amide bonds. The van der Waals surface area contributed by atoms with E-state index >= 15 is 0 Å². The summed E-state index contributed by atoms with van der Waals surface area (Å²) in [6, 6.07) is 2.87. The number of rotatable bonds is 3. The van der Waals surface area contributed by atoms with Crippen LogP contribution in [0.25, 0.3) is 0 Å². The van der Waals surface area contributed by atoms with Crippen molar-refractivity contribution in [1.29, 1.82) is 0 Å². The van der Waals surface area contributed by atoms with Crippen molar-refractivity contribution in [2.24, 2.45) is 0 Å². The van der Waals surface area contributed by atoms with Gasteiger partial charge in [0.05, 0.1) is 17.1 Å². The molecule has 1 aromatic heterocycles. The van der Waals surface area contributed by atoms with Crippen LogP contribution in [0.3, 0.4) is 0 Å². The molecule has 0 atom stereocenters. The van der Waals surface area contributed by atoms with Crippen LogP contribution in [0, 0.1) is 0 Å². The first-order chi connectivity index (χ1) is 7.49. The quantitative estimate of drug-likeness (QED) is 0.768. The van der Waals surface area contributed by atoms with E-state index in [1.807, 2.05) is 4.72 Å². The van der Waals surface area contributed by atoms with Gasteiger partial charge in [0, 0.05) is 0 Å². The molecule has 86 valence electrons. The number of nitrogens with two attached hydrogens (primary N) is 1. The van der Waals surface area contributed by atoms with Crippen molar-refractivity contribution in [2.45, 2.75) is 18.1 Å². The molecule has 0 saturated heterocycles. The molecule has 1 aliphatic rings. The number of pyridine rings is 1. The molecule has 0 radical (unpaired) electrons. The van der Waals surface area contributed by atoms with E-state index in [0.717, 1.165) is 0 Å². The Balaban J connectivity index is 2.11. The fourth-order valence-corrected chi connectivity index (χ4v) is 2.47. The molecule has 0 bridgehead atoms. The lowest BCUT2D eigenvalue weighted by Crippen LogP contribution is -2.33. The highest BCUT2D eigenvalue weighted by Gasteiger charge is 2.37. The van der Waals surface area contributed by atoms with E-state index in [2.05, 4.69) is 4.98 Å². The zero-order chi connectivity index (χ0) is 11.8. The van der Waals surface area contributed by atoms with Gasteiger partial charge in [-0.15, -0.1) is 0 Å². The third kappa shape index (κ3) is 2.30. The molecular formula is C9H11N3O3S. The van der Waals surface area contributed by atoms with Crippen LogP contribution in [-0.4, -0.2) is 24.6 Å². The van der Waals surface area contributed by atoms with Gasteiger partial charge in [-0.05, 0) is 25.0 Å². The number of nitrogen functional groups attached to an aromatic ring is 1. The van der Waals surface area contributed by atoms with Crippen molar-refractivity contribution >= 4 is 21.6 Å². The van der Waals surface area contributed by atoms with Crippen LogP contribution in [0.4, 0.5) is 5.69 Å². The molecule has 0 aliphatic heterocycles. The van der Waals surface area contributed by atoms with Gasteiger partial charge in [-0.2, -0.15) is 0 Å². The lowest BCUT2D eigenvalue weighted by atomic mass is 10.3. The number of carbonyl (C=O) groups excluding carboxylic acids is 1. The monoisotopic (exact) mass is 241 g/mol. The van der Waals surface area contributed by atoms with Gasteiger partial charge in [0.15, 0.2) is 0 Å². The summed E-state index contributed by atoms with van der Waals surface area (Å²) < 4.78 is 24.9. The lowest BCUT2D eigenvalue weighted by Gasteiger charge is -2.04. The van der Waals surface area contributed by atoms with Crippen molar-refractivity contribution < 1.29 is 13.2 Å².